The van der Waals surface area contributed by atoms with Crippen molar-refractivity contribution in [3.63, 3.8) is 0 Å². The molecular formula is C12H16O9. The summed E-state index contributed by atoms with van der Waals surface area (Å²) in [6.45, 7) is 2.27. The van der Waals surface area contributed by atoms with E-state index in [0.29, 0.717) is 0 Å². The van der Waals surface area contributed by atoms with Crippen LogP contribution in [0.15, 0.2) is 0 Å². The maximum absolute atomic E-state index is 11.3. The van der Waals surface area contributed by atoms with Gasteiger partial charge in [0.25, 0.3) is 0 Å². The summed E-state index contributed by atoms with van der Waals surface area (Å²) < 4.78 is 30.6. The van der Waals surface area contributed by atoms with E-state index in [1.54, 1.807) is 0 Å². The highest BCUT2D eigenvalue weighted by molar-refractivity contribution is 5.67. The maximum Gasteiger partial charge on any atom is 0.509 e. The van der Waals surface area contributed by atoms with Crippen molar-refractivity contribution >= 4 is 18.1 Å². The smallest absolute Gasteiger partial charge is 0.463 e. The summed E-state index contributed by atoms with van der Waals surface area (Å²) in [6.07, 6.45) is -5.35. The van der Waals surface area contributed by atoms with E-state index >= 15 is 0 Å². The summed E-state index contributed by atoms with van der Waals surface area (Å²) >= 11 is 0. The summed E-state index contributed by atoms with van der Waals surface area (Å²) in [5.41, 5.74) is 0. The summed E-state index contributed by atoms with van der Waals surface area (Å²) in [7, 11) is 1.36. The second-order valence-electron chi connectivity index (χ2n) is 4.57. The van der Waals surface area contributed by atoms with Crippen LogP contribution in [0.5, 0.6) is 0 Å². The molecule has 0 radical (unpaired) electrons. The Balaban J connectivity index is 2.18. The van der Waals surface area contributed by atoms with Gasteiger partial charge in [0.1, 0.15) is 12.7 Å². The highest BCUT2D eigenvalue weighted by Gasteiger charge is 2.56. The van der Waals surface area contributed by atoms with E-state index in [-0.39, 0.29) is 6.61 Å². The van der Waals surface area contributed by atoms with Crippen molar-refractivity contribution in [2.24, 2.45) is 0 Å². The molecule has 21 heavy (non-hydrogen) atoms. The third kappa shape index (κ3) is 3.42. The molecule has 0 aromatic carbocycles. The van der Waals surface area contributed by atoms with Gasteiger partial charge in [0.05, 0.1) is 0 Å². The van der Waals surface area contributed by atoms with Crippen LogP contribution >= 0.6 is 0 Å². The molecule has 0 N–H and O–H groups in total. The van der Waals surface area contributed by atoms with E-state index in [2.05, 4.69) is 0 Å². The first-order chi connectivity index (χ1) is 9.92. The highest BCUT2D eigenvalue weighted by Crippen LogP contribution is 2.33. The summed E-state index contributed by atoms with van der Waals surface area (Å²) in [5, 5.41) is 0. The van der Waals surface area contributed by atoms with E-state index in [1.807, 2.05) is 0 Å². The molecule has 0 aliphatic carbocycles. The molecule has 0 spiro atoms. The molecule has 0 saturated carbocycles. The molecule has 2 aliphatic heterocycles. The lowest BCUT2D eigenvalue weighted by Gasteiger charge is -2.39. The van der Waals surface area contributed by atoms with Crippen molar-refractivity contribution in [2.45, 2.75) is 44.6 Å². The van der Waals surface area contributed by atoms with Gasteiger partial charge in [-0.15, -0.1) is 0 Å². The van der Waals surface area contributed by atoms with Crippen LogP contribution in [-0.4, -0.2) is 62.5 Å². The van der Waals surface area contributed by atoms with Crippen molar-refractivity contribution < 1.29 is 42.8 Å². The van der Waals surface area contributed by atoms with Gasteiger partial charge in [0, 0.05) is 21.0 Å². The van der Waals surface area contributed by atoms with Gasteiger partial charge < -0.3 is 28.4 Å². The molecule has 0 bridgehead atoms. The van der Waals surface area contributed by atoms with Crippen LogP contribution in [0.3, 0.4) is 0 Å². The summed E-state index contributed by atoms with van der Waals surface area (Å²) in [4.78, 5) is 33.4. The third-order valence-electron chi connectivity index (χ3n) is 3.04. The first kappa shape index (κ1) is 15.5. The minimum absolute atomic E-state index is 0.173. The van der Waals surface area contributed by atoms with Crippen molar-refractivity contribution in [1.82, 2.24) is 0 Å². The monoisotopic (exact) mass is 304 g/mol. The number of ether oxygens (including phenoxy) is 6. The average molecular weight is 304 g/mol. The molecule has 0 unspecified atom stereocenters. The second kappa shape index (κ2) is 6.27. The molecule has 9 heteroatoms. The van der Waals surface area contributed by atoms with Crippen molar-refractivity contribution in [2.75, 3.05) is 13.7 Å². The van der Waals surface area contributed by atoms with Gasteiger partial charge in [-0.25, -0.2) is 4.79 Å². The normalized spacial score (nSPS) is 34.4. The van der Waals surface area contributed by atoms with Gasteiger partial charge in [-0.1, -0.05) is 0 Å². The maximum atomic E-state index is 11.3. The number of carbonyl (C=O) groups excluding carboxylic acids is 3. The minimum atomic E-state index is -0.954. The molecule has 5 atom stereocenters. The predicted molar refractivity (Wildman–Crippen MR) is 63.0 cm³/mol. The molecule has 2 rings (SSSR count). The van der Waals surface area contributed by atoms with Gasteiger partial charge in [0.15, 0.2) is 24.6 Å². The Hall–Kier alpha value is -1.87. The first-order valence-electron chi connectivity index (χ1n) is 6.28. The Morgan fingerprint density at radius 1 is 1.14 bits per heavy atom. The predicted octanol–water partition coefficient (Wildman–Crippen LogP) is -0.243. The minimum Gasteiger partial charge on any atom is -0.463 e. The summed E-state index contributed by atoms with van der Waals surface area (Å²) in [6, 6.07) is 0. The third-order valence-corrected chi connectivity index (χ3v) is 3.04. The number of rotatable bonds is 4. The van der Waals surface area contributed by atoms with E-state index in [4.69, 9.17) is 28.4 Å². The Labute approximate surface area is 120 Å². The number of hydrogen-bond donors (Lipinski definition) is 0. The molecule has 118 valence electrons. The van der Waals surface area contributed by atoms with Crippen LogP contribution in [0.25, 0.3) is 0 Å². The Morgan fingerprint density at radius 3 is 2.38 bits per heavy atom. The van der Waals surface area contributed by atoms with Crippen LogP contribution in [0.2, 0.25) is 0 Å². The highest BCUT2D eigenvalue weighted by atomic mass is 16.8. The molecule has 2 heterocycles. The Bertz CT molecular complexity index is 434. The molecule has 9 nitrogen and oxygen atoms in total. The fourth-order valence-corrected chi connectivity index (χ4v) is 2.25. The Kier molecular flexibility index (Phi) is 4.63. The quantitative estimate of drug-likeness (QED) is 0.513. The lowest BCUT2D eigenvalue weighted by atomic mass is 9.99. The number of carbonyl (C=O) groups is 3. The Morgan fingerprint density at radius 2 is 1.81 bits per heavy atom. The fourth-order valence-electron chi connectivity index (χ4n) is 2.25. The second-order valence-corrected chi connectivity index (χ2v) is 4.57. The van der Waals surface area contributed by atoms with Crippen LogP contribution in [0.1, 0.15) is 13.8 Å². The standard InChI is InChI=1S/C12H16O9/c1-5(13)17-4-7-8(18-6(2)14)9-10(11(16-3)19-7)21-12(15)20-9/h7-11H,4H2,1-3H3/t7-,8-,9+,10+,11-/m1/s1. The number of fused-ring (bicyclic) bond motifs is 1. The lowest BCUT2D eigenvalue weighted by molar-refractivity contribution is -0.275. The molecular weight excluding hydrogens is 288 g/mol. The van der Waals surface area contributed by atoms with Crippen LogP contribution < -0.4 is 0 Å². The summed E-state index contributed by atoms with van der Waals surface area (Å²) in [5.74, 6) is -1.11. The average Bonchev–Trinajstić information content (AvgIpc) is 2.78. The van der Waals surface area contributed by atoms with E-state index in [1.165, 1.54) is 21.0 Å². The van der Waals surface area contributed by atoms with Crippen LogP contribution in [0.4, 0.5) is 4.79 Å². The fraction of sp³-hybridized carbons (Fsp3) is 0.750. The van der Waals surface area contributed by atoms with Crippen molar-refractivity contribution in [3.05, 3.63) is 0 Å². The van der Waals surface area contributed by atoms with Gasteiger partial charge in [-0.3, -0.25) is 9.59 Å². The topological polar surface area (TPSA) is 107 Å². The van der Waals surface area contributed by atoms with Gasteiger partial charge in [-0.05, 0) is 0 Å². The van der Waals surface area contributed by atoms with Crippen LogP contribution in [0, 0.1) is 0 Å². The largest absolute Gasteiger partial charge is 0.509 e. The molecule has 0 amide bonds. The zero-order valence-corrected chi connectivity index (χ0v) is 11.8. The van der Waals surface area contributed by atoms with Crippen molar-refractivity contribution in [3.8, 4) is 0 Å². The number of methoxy groups -OCH3 is 1. The van der Waals surface area contributed by atoms with Crippen LogP contribution in [-0.2, 0) is 38.0 Å². The zero-order valence-electron chi connectivity index (χ0n) is 11.8. The van der Waals surface area contributed by atoms with E-state index < -0.39 is 48.8 Å². The van der Waals surface area contributed by atoms with Gasteiger partial charge in [0.2, 0.25) is 0 Å². The van der Waals surface area contributed by atoms with E-state index in [0.717, 1.165) is 0 Å². The van der Waals surface area contributed by atoms with Gasteiger partial charge in [-0.2, -0.15) is 0 Å². The van der Waals surface area contributed by atoms with E-state index in [9.17, 15) is 14.4 Å². The lowest BCUT2D eigenvalue weighted by Crippen LogP contribution is -2.59. The molecule has 0 aromatic heterocycles. The zero-order chi connectivity index (χ0) is 15.6. The van der Waals surface area contributed by atoms with Crippen molar-refractivity contribution in [1.29, 1.82) is 0 Å². The SMILES string of the molecule is CO[C@@H]1O[C@H](COC(C)=O)[C@@H](OC(C)=O)[C@@H]2OC(=O)O[C@H]12. The van der Waals surface area contributed by atoms with Gasteiger partial charge >= 0.3 is 18.1 Å². The first-order valence-corrected chi connectivity index (χ1v) is 6.28. The number of hydrogen-bond acceptors (Lipinski definition) is 9. The molecule has 0 aromatic rings. The molecule has 2 saturated heterocycles. The number of esters is 2. The molecule has 2 aliphatic rings. The molecule has 2 fully saturated rings.